The van der Waals surface area contributed by atoms with E-state index in [2.05, 4.69) is 15.4 Å². The van der Waals surface area contributed by atoms with Crippen LogP contribution in [0.3, 0.4) is 0 Å². The maximum atomic E-state index is 14.1. The highest BCUT2D eigenvalue weighted by molar-refractivity contribution is 5.43. The van der Waals surface area contributed by atoms with Gasteiger partial charge in [0.1, 0.15) is 0 Å². The molecular weight excluding hydrogens is 274 g/mol. The highest BCUT2D eigenvalue weighted by atomic mass is 19.1. The van der Waals surface area contributed by atoms with Gasteiger partial charge in [0.2, 0.25) is 0 Å². The fraction of sp³-hybridized carbons (Fsp3) is 0.467. The zero-order valence-corrected chi connectivity index (χ0v) is 12.8. The first-order chi connectivity index (χ1) is 9.99. The largest absolute Gasteiger partial charge is 0.368 e. The number of hydrogen-bond donors (Lipinski definition) is 1. The van der Waals surface area contributed by atoms with Crippen LogP contribution in [0.5, 0.6) is 0 Å². The Morgan fingerprint density at radius 3 is 2.48 bits per heavy atom. The lowest BCUT2D eigenvalue weighted by molar-refractivity contribution is 0.560. The zero-order chi connectivity index (χ0) is 15.6. The van der Waals surface area contributed by atoms with Gasteiger partial charge in [-0.15, -0.1) is 0 Å². The average molecular weight is 294 g/mol. The molecule has 0 saturated heterocycles. The van der Waals surface area contributed by atoms with Crippen molar-refractivity contribution in [1.29, 1.82) is 0 Å². The summed E-state index contributed by atoms with van der Waals surface area (Å²) in [5.41, 5.74) is 2.72. The van der Waals surface area contributed by atoms with Crippen LogP contribution in [0.25, 0.3) is 5.82 Å². The maximum absolute atomic E-state index is 14.1. The number of aromatic nitrogens is 3. The lowest BCUT2D eigenvalue weighted by Crippen LogP contribution is -2.11. The van der Waals surface area contributed by atoms with Crippen LogP contribution in [0.4, 0.5) is 14.6 Å². The second kappa shape index (κ2) is 6.20. The van der Waals surface area contributed by atoms with E-state index >= 15 is 0 Å². The molecule has 0 aliphatic carbocycles. The van der Waals surface area contributed by atoms with E-state index < -0.39 is 11.6 Å². The summed E-state index contributed by atoms with van der Waals surface area (Å²) in [6, 6.07) is 0.850. The fourth-order valence-corrected chi connectivity index (χ4v) is 2.37. The Labute approximate surface area is 123 Å². The van der Waals surface area contributed by atoms with E-state index in [0.717, 1.165) is 35.9 Å². The third kappa shape index (κ3) is 2.89. The summed E-state index contributed by atoms with van der Waals surface area (Å²) in [4.78, 5) is 4.07. The van der Waals surface area contributed by atoms with Crippen molar-refractivity contribution in [2.45, 2.75) is 40.5 Å². The second-order valence-corrected chi connectivity index (χ2v) is 4.97. The monoisotopic (exact) mass is 294 g/mol. The minimum atomic E-state index is -0.720. The topological polar surface area (TPSA) is 42.7 Å². The fourth-order valence-electron chi connectivity index (χ4n) is 2.37. The van der Waals surface area contributed by atoms with E-state index in [0.29, 0.717) is 6.54 Å². The molecule has 0 spiro atoms. The summed E-state index contributed by atoms with van der Waals surface area (Å²) < 4.78 is 29.2. The third-order valence-corrected chi connectivity index (χ3v) is 3.45. The smallest absolute Gasteiger partial charge is 0.192 e. The maximum Gasteiger partial charge on any atom is 0.192 e. The zero-order valence-electron chi connectivity index (χ0n) is 12.8. The van der Waals surface area contributed by atoms with Crippen molar-refractivity contribution in [3.63, 3.8) is 0 Å². The average Bonchev–Trinajstić information content (AvgIpc) is 2.72. The number of pyridine rings is 1. The summed E-state index contributed by atoms with van der Waals surface area (Å²) in [7, 11) is 0. The molecule has 2 rings (SSSR count). The van der Waals surface area contributed by atoms with E-state index in [1.54, 1.807) is 0 Å². The summed E-state index contributed by atoms with van der Waals surface area (Å²) in [6.45, 7) is 8.29. The molecule has 0 amide bonds. The van der Waals surface area contributed by atoms with Crippen LogP contribution < -0.4 is 5.32 Å². The minimum Gasteiger partial charge on any atom is -0.368 e. The molecule has 2 aromatic rings. The standard InChI is InChI=1S/C15H20F2N4/c1-5-7-18-14-12(16)8-13(17)15(19-14)21-10(4)11(6-2)9(3)20-21/h8H,5-7H2,1-4H3,(H,18,19). The molecule has 4 nitrogen and oxygen atoms in total. The van der Waals surface area contributed by atoms with Crippen molar-refractivity contribution < 1.29 is 8.78 Å². The van der Waals surface area contributed by atoms with Crippen LogP contribution in [0, 0.1) is 25.5 Å². The first-order valence-corrected chi connectivity index (χ1v) is 7.14. The van der Waals surface area contributed by atoms with Gasteiger partial charge in [-0.1, -0.05) is 13.8 Å². The molecule has 2 heterocycles. The van der Waals surface area contributed by atoms with Crippen molar-refractivity contribution in [3.8, 4) is 5.82 Å². The van der Waals surface area contributed by atoms with Gasteiger partial charge in [-0.3, -0.25) is 0 Å². The number of hydrogen-bond acceptors (Lipinski definition) is 3. The van der Waals surface area contributed by atoms with Crippen LogP contribution in [0.2, 0.25) is 0 Å². The Kier molecular flexibility index (Phi) is 4.55. The summed E-state index contributed by atoms with van der Waals surface area (Å²) in [6.07, 6.45) is 1.63. The SMILES string of the molecule is CCCNc1nc(-n2nc(C)c(CC)c2C)c(F)cc1F. The molecule has 6 heteroatoms. The molecule has 0 saturated carbocycles. The normalized spacial score (nSPS) is 11.0. The summed E-state index contributed by atoms with van der Waals surface area (Å²) >= 11 is 0. The first kappa shape index (κ1) is 15.4. The Bertz CT molecular complexity index is 650. The highest BCUT2D eigenvalue weighted by Gasteiger charge is 2.18. The second-order valence-electron chi connectivity index (χ2n) is 4.97. The molecule has 0 fully saturated rings. The predicted octanol–water partition coefficient (Wildman–Crippen LogP) is 3.55. The number of aryl methyl sites for hydroxylation is 1. The summed E-state index contributed by atoms with van der Waals surface area (Å²) in [5.74, 6) is -1.33. The van der Waals surface area contributed by atoms with Gasteiger partial charge in [-0.05, 0) is 32.3 Å². The molecule has 0 aliphatic heterocycles. The van der Waals surface area contributed by atoms with Crippen molar-refractivity contribution in [2.75, 3.05) is 11.9 Å². The molecule has 1 N–H and O–H groups in total. The number of anilines is 1. The Hall–Kier alpha value is -1.98. The van der Waals surface area contributed by atoms with Gasteiger partial charge in [0, 0.05) is 18.3 Å². The van der Waals surface area contributed by atoms with Crippen LogP contribution in [0.1, 0.15) is 37.2 Å². The molecule has 114 valence electrons. The van der Waals surface area contributed by atoms with Gasteiger partial charge < -0.3 is 5.32 Å². The van der Waals surface area contributed by atoms with E-state index in [4.69, 9.17) is 0 Å². The molecule has 21 heavy (non-hydrogen) atoms. The van der Waals surface area contributed by atoms with Crippen LogP contribution >= 0.6 is 0 Å². The molecule has 0 atom stereocenters. The molecule has 0 unspecified atom stereocenters. The number of nitrogens with one attached hydrogen (secondary N) is 1. The van der Waals surface area contributed by atoms with E-state index in [1.807, 2.05) is 27.7 Å². The molecule has 0 aromatic carbocycles. The van der Waals surface area contributed by atoms with Gasteiger partial charge >= 0.3 is 0 Å². The van der Waals surface area contributed by atoms with Crippen LogP contribution in [-0.2, 0) is 6.42 Å². The van der Waals surface area contributed by atoms with Crippen molar-refractivity contribution >= 4 is 5.82 Å². The molecule has 2 aromatic heterocycles. The Morgan fingerprint density at radius 1 is 1.19 bits per heavy atom. The van der Waals surface area contributed by atoms with E-state index in [9.17, 15) is 8.78 Å². The molecule has 0 radical (unpaired) electrons. The Balaban J connectivity index is 2.53. The quantitative estimate of drug-likeness (QED) is 0.917. The van der Waals surface area contributed by atoms with Crippen LogP contribution in [0.15, 0.2) is 6.07 Å². The highest BCUT2D eigenvalue weighted by Crippen LogP contribution is 2.22. The van der Waals surface area contributed by atoms with Gasteiger partial charge in [-0.25, -0.2) is 18.4 Å². The molecular formula is C15H20F2N4. The molecule has 0 aliphatic rings. The first-order valence-electron chi connectivity index (χ1n) is 7.14. The lowest BCUT2D eigenvalue weighted by atomic mass is 10.1. The minimum absolute atomic E-state index is 0.0234. The predicted molar refractivity (Wildman–Crippen MR) is 78.9 cm³/mol. The third-order valence-electron chi connectivity index (χ3n) is 3.45. The van der Waals surface area contributed by atoms with Crippen molar-refractivity contribution in [1.82, 2.24) is 14.8 Å². The van der Waals surface area contributed by atoms with Crippen molar-refractivity contribution in [2.24, 2.45) is 0 Å². The van der Waals surface area contributed by atoms with Crippen LogP contribution in [-0.4, -0.2) is 21.3 Å². The van der Waals surface area contributed by atoms with E-state index in [1.165, 1.54) is 4.68 Å². The number of halogens is 2. The van der Waals surface area contributed by atoms with E-state index in [-0.39, 0.29) is 11.6 Å². The van der Waals surface area contributed by atoms with Gasteiger partial charge in [0.05, 0.1) is 5.69 Å². The van der Waals surface area contributed by atoms with Gasteiger partial charge in [0.25, 0.3) is 0 Å². The van der Waals surface area contributed by atoms with Gasteiger partial charge in [-0.2, -0.15) is 5.10 Å². The van der Waals surface area contributed by atoms with Gasteiger partial charge in [0.15, 0.2) is 23.3 Å². The Morgan fingerprint density at radius 2 is 1.90 bits per heavy atom. The lowest BCUT2D eigenvalue weighted by Gasteiger charge is -2.10. The summed E-state index contributed by atoms with van der Waals surface area (Å²) in [5, 5.41) is 7.19. The van der Waals surface area contributed by atoms with Crippen molar-refractivity contribution in [3.05, 3.63) is 34.7 Å². The number of nitrogens with zero attached hydrogens (tertiary/aromatic N) is 3. The molecule has 0 bridgehead atoms. The number of rotatable bonds is 5.